The van der Waals surface area contributed by atoms with Crippen LogP contribution in [0.15, 0.2) is 48.5 Å². The number of amides is 1. The minimum Gasteiger partial charge on any atom is -0.496 e. The van der Waals surface area contributed by atoms with Gasteiger partial charge in [0.15, 0.2) is 5.69 Å². The van der Waals surface area contributed by atoms with Crippen LogP contribution < -0.4 is 10.1 Å². The van der Waals surface area contributed by atoms with Gasteiger partial charge >= 0.3 is 0 Å². The lowest BCUT2D eigenvalue weighted by Gasteiger charge is -2.09. The molecule has 1 N–H and O–H groups in total. The van der Waals surface area contributed by atoms with E-state index >= 15 is 0 Å². The van der Waals surface area contributed by atoms with Gasteiger partial charge in [0.05, 0.1) is 19.3 Å². The zero-order chi connectivity index (χ0) is 18.5. The maximum Gasteiger partial charge on any atom is 0.274 e. The highest BCUT2D eigenvalue weighted by atomic mass is 35.5. The summed E-state index contributed by atoms with van der Waals surface area (Å²) in [4.78, 5) is 12.4. The van der Waals surface area contributed by atoms with E-state index in [9.17, 15) is 4.79 Å². The molecule has 1 heterocycles. The number of carbonyl (C=O) groups is 1. The molecule has 0 fully saturated rings. The van der Waals surface area contributed by atoms with E-state index in [0.717, 1.165) is 16.9 Å². The molecule has 0 saturated heterocycles. The zero-order valence-corrected chi connectivity index (χ0v) is 15.3. The summed E-state index contributed by atoms with van der Waals surface area (Å²) in [7, 11) is 1.63. The van der Waals surface area contributed by atoms with Crippen LogP contribution in [0.4, 0.5) is 0 Å². The molecule has 7 heteroatoms. The van der Waals surface area contributed by atoms with Crippen molar-refractivity contribution in [2.45, 2.75) is 20.0 Å². The standard InChI is InChI=1S/C19H19ClN4O2/c1-13-18(19(25)21-11-14-7-3-5-9-16(14)20)22-23-24(13)12-15-8-4-6-10-17(15)26-2/h3-10H,11-12H2,1-2H3,(H,21,25). The number of halogens is 1. The molecule has 0 aliphatic carbocycles. The Morgan fingerprint density at radius 3 is 2.58 bits per heavy atom. The largest absolute Gasteiger partial charge is 0.496 e. The van der Waals surface area contributed by atoms with Gasteiger partial charge in [-0.2, -0.15) is 0 Å². The third kappa shape index (κ3) is 3.86. The predicted octanol–water partition coefficient (Wildman–Crippen LogP) is 3.23. The summed E-state index contributed by atoms with van der Waals surface area (Å²) in [6.45, 7) is 2.62. The van der Waals surface area contributed by atoms with E-state index < -0.39 is 0 Å². The summed E-state index contributed by atoms with van der Waals surface area (Å²) in [5, 5.41) is 11.6. The number of nitrogens with one attached hydrogen (secondary N) is 1. The first-order chi connectivity index (χ1) is 12.6. The second kappa shape index (κ2) is 8.01. The molecular formula is C19H19ClN4O2. The predicted molar refractivity (Wildman–Crippen MR) is 99.5 cm³/mol. The highest BCUT2D eigenvalue weighted by molar-refractivity contribution is 6.31. The van der Waals surface area contributed by atoms with Crippen molar-refractivity contribution in [2.75, 3.05) is 7.11 Å². The van der Waals surface area contributed by atoms with Crippen LogP contribution in [0.1, 0.15) is 27.3 Å². The van der Waals surface area contributed by atoms with E-state index in [1.54, 1.807) is 17.9 Å². The quantitative estimate of drug-likeness (QED) is 0.723. The molecule has 0 saturated carbocycles. The Bertz CT molecular complexity index is 923. The Kier molecular flexibility index (Phi) is 5.53. The van der Waals surface area contributed by atoms with Gasteiger partial charge in [-0.15, -0.1) is 5.10 Å². The maximum atomic E-state index is 12.4. The lowest BCUT2D eigenvalue weighted by Crippen LogP contribution is -2.24. The van der Waals surface area contributed by atoms with Crippen molar-refractivity contribution < 1.29 is 9.53 Å². The van der Waals surface area contributed by atoms with Crippen molar-refractivity contribution in [2.24, 2.45) is 0 Å². The highest BCUT2D eigenvalue weighted by Crippen LogP contribution is 2.19. The van der Waals surface area contributed by atoms with Crippen molar-refractivity contribution in [3.63, 3.8) is 0 Å². The lowest BCUT2D eigenvalue weighted by atomic mass is 10.2. The molecule has 3 aromatic rings. The molecule has 6 nitrogen and oxygen atoms in total. The van der Waals surface area contributed by atoms with Crippen LogP contribution in [0.5, 0.6) is 5.75 Å². The van der Waals surface area contributed by atoms with Crippen LogP contribution >= 0.6 is 11.6 Å². The summed E-state index contributed by atoms with van der Waals surface area (Å²) in [5.74, 6) is 0.487. The Morgan fingerprint density at radius 2 is 1.85 bits per heavy atom. The van der Waals surface area contributed by atoms with Gasteiger partial charge in [0.1, 0.15) is 5.75 Å². The molecule has 0 bridgehead atoms. The van der Waals surface area contributed by atoms with Crippen molar-refractivity contribution in [3.05, 3.63) is 76.1 Å². The third-order valence-electron chi connectivity index (χ3n) is 4.11. The van der Waals surface area contributed by atoms with Crippen LogP contribution in [0.3, 0.4) is 0 Å². The Morgan fingerprint density at radius 1 is 1.15 bits per heavy atom. The molecule has 0 spiro atoms. The molecule has 26 heavy (non-hydrogen) atoms. The Hall–Kier alpha value is -2.86. The smallest absolute Gasteiger partial charge is 0.274 e. The van der Waals surface area contributed by atoms with Crippen molar-refractivity contribution in [1.29, 1.82) is 0 Å². The van der Waals surface area contributed by atoms with Crippen molar-refractivity contribution in [3.8, 4) is 5.75 Å². The topological polar surface area (TPSA) is 69.0 Å². The number of hydrogen-bond acceptors (Lipinski definition) is 4. The van der Waals surface area contributed by atoms with Crippen molar-refractivity contribution in [1.82, 2.24) is 20.3 Å². The molecule has 0 radical (unpaired) electrons. The second-order valence-electron chi connectivity index (χ2n) is 5.77. The molecule has 0 unspecified atom stereocenters. The van der Waals surface area contributed by atoms with Crippen LogP contribution in [0, 0.1) is 6.92 Å². The number of methoxy groups -OCH3 is 1. The fourth-order valence-corrected chi connectivity index (χ4v) is 2.82. The van der Waals surface area contributed by atoms with Gasteiger partial charge in [0.25, 0.3) is 5.91 Å². The second-order valence-corrected chi connectivity index (χ2v) is 6.17. The number of hydrogen-bond donors (Lipinski definition) is 1. The number of ether oxygens (including phenoxy) is 1. The average molecular weight is 371 g/mol. The minimum absolute atomic E-state index is 0.284. The molecule has 1 aromatic heterocycles. The summed E-state index contributed by atoms with van der Waals surface area (Å²) >= 11 is 6.11. The van der Waals surface area contributed by atoms with E-state index in [1.165, 1.54) is 0 Å². The van der Waals surface area contributed by atoms with Gasteiger partial charge in [0, 0.05) is 17.1 Å². The number of rotatable bonds is 6. The fourth-order valence-electron chi connectivity index (χ4n) is 2.62. The summed E-state index contributed by atoms with van der Waals surface area (Å²) in [6, 6.07) is 15.1. The van der Waals surface area contributed by atoms with Crippen LogP contribution in [-0.2, 0) is 13.1 Å². The molecule has 2 aromatic carbocycles. The number of para-hydroxylation sites is 1. The number of carbonyl (C=O) groups excluding carboxylic acids is 1. The zero-order valence-electron chi connectivity index (χ0n) is 14.6. The summed E-state index contributed by atoms with van der Waals surface area (Å²) in [6.07, 6.45) is 0. The number of aromatic nitrogens is 3. The molecule has 0 aliphatic heterocycles. The van der Waals surface area contributed by atoms with Crippen LogP contribution in [0.2, 0.25) is 5.02 Å². The summed E-state index contributed by atoms with van der Waals surface area (Å²) < 4.78 is 7.04. The molecule has 134 valence electrons. The normalized spacial score (nSPS) is 10.6. The van der Waals surface area contributed by atoms with Gasteiger partial charge in [-0.25, -0.2) is 4.68 Å². The first kappa shape index (κ1) is 17.9. The average Bonchev–Trinajstić information content (AvgIpc) is 3.02. The number of benzene rings is 2. The van der Waals surface area contributed by atoms with Gasteiger partial charge in [0.2, 0.25) is 0 Å². The number of nitrogens with zero attached hydrogens (tertiary/aromatic N) is 3. The fraction of sp³-hybridized carbons (Fsp3) is 0.211. The SMILES string of the molecule is COc1ccccc1Cn1nnc(C(=O)NCc2ccccc2Cl)c1C. The first-order valence-corrected chi connectivity index (χ1v) is 8.51. The third-order valence-corrected chi connectivity index (χ3v) is 4.48. The van der Waals surface area contributed by atoms with E-state index in [-0.39, 0.29) is 5.91 Å². The lowest BCUT2D eigenvalue weighted by molar-refractivity contribution is 0.0945. The van der Waals surface area contributed by atoms with Crippen LogP contribution in [0.25, 0.3) is 0 Å². The van der Waals surface area contributed by atoms with E-state index in [4.69, 9.17) is 16.3 Å². The van der Waals surface area contributed by atoms with Gasteiger partial charge in [-0.3, -0.25) is 4.79 Å². The Labute approximate surface area is 156 Å². The maximum absolute atomic E-state index is 12.4. The highest BCUT2D eigenvalue weighted by Gasteiger charge is 2.17. The van der Waals surface area contributed by atoms with E-state index in [1.807, 2.05) is 49.4 Å². The van der Waals surface area contributed by atoms with E-state index in [0.29, 0.717) is 29.5 Å². The van der Waals surface area contributed by atoms with Crippen LogP contribution in [-0.4, -0.2) is 28.0 Å². The molecule has 1 amide bonds. The monoisotopic (exact) mass is 370 g/mol. The molecule has 3 rings (SSSR count). The van der Waals surface area contributed by atoms with Gasteiger partial charge in [-0.05, 0) is 24.6 Å². The van der Waals surface area contributed by atoms with Gasteiger partial charge < -0.3 is 10.1 Å². The first-order valence-electron chi connectivity index (χ1n) is 8.13. The minimum atomic E-state index is -0.284. The molecular weight excluding hydrogens is 352 g/mol. The van der Waals surface area contributed by atoms with E-state index in [2.05, 4.69) is 15.6 Å². The van der Waals surface area contributed by atoms with Gasteiger partial charge in [-0.1, -0.05) is 53.2 Å². The molecule has 0 aliphatic rings. The van der Waals surface area contributed by atoms with Crippen molar-refractivity contribution >= 4 is 17.5 Å². The molecule has 0 atom stereocenters. The summed E-state index contributed by atoms with van der Waals surface area (Å²) in [5.41, 5.74) is 2.80. The Balaban J connectivity index is 1.72.